The molecular formula is C15H21BrN2O2S. The van der Waals surface area contributed by atoms with Crippen molar-refractivity contribution < 1.29 is 9.53 Å². The van der Waals surface area contributed by atoms with Crippen molar-refractivity contribution in [2.75, 3.05) is 32.1 Å². The van der Waals surface area contributed by atoms with Crippen molar-refractivity contribution in [1.82, 2.24) is 10.6 Å². The predicted molar refractivity (Wildman–Crippen MR) is 89.7 cm³/mol. The molecule has 1 aromatic carbocycles. The number of rotatable bonds is 7. The first-order valence-electron chi connectivity index (χ1n) is 7.23. The van der Waals surface area contributed by atoms with Crippen molar-refractivity contribution in [3.05, 3.63) is 28.7 Å². The average molecular weight is 373 g/mol. The minimum Gasteiger partial charge on any atom is -0.378 e. The van der Waals surface area contributed by atoms with Gasteiger partial charge < -0.3 is 15.4 Å². The number of halogens is 1. The molecule has 2 N–H and O–H groups in total. The number of amides is 1. The molecule has 1 aliphatic rings. The number of hydrogen-bond acceptors (Lipinski definition) is 4. The van der Waals surface area contributed by atoms with E-state index in [2.05, 4.69) is 38.7 Å². The zero-order valence-corrected chi connectivity index (χ0v) is 14.3. The zero-order chi connectivity index (χ0) is 14.9. The molecule has 4 nitrogen and oxygen atoms in total. The summed E-state index contributed by atoms with van der Waals surface area (Å²) >= 11 is 5.39. The molecule has 1 atom stereocenters. The summed E-state index contributed by atoms with van der Waals surface area (Å²) in [6.07, 6.45) is 2.08. The second kappa shape index (κ2) is 9.46. The van der Waals surface area contributed by atoms with Crippen LogP contribution in [0.1, 0.15) is 12.8 Å². The second-order valence-corrected chi connectivity index (χ2v) is 6.85. The van der Waals surface area contributed by atoms with Crippen LogP contribution in [0.2, 0.25) is 0 Å². The Bertz CT molecular complexity index is 453. The summed E-state index contributed by atoms with van der Waals surface area (Å²) < 4.78 is 6.42. The van der Waals surface area contributed by atoms with E-state index in [1.165, 1.54) is 4.90 Å². The zero-order valence-electron chi connectivity index (χ0n) is 11.9. The van der Waals surface area contributed by atoms with Crippen molar-refractivity contribution in [1.29, 1.82) is 0 Å². The molecule has 1 aliphatic heterocycles. The second-order valence-electron chi connectivity index (χ2n) is 4.86. The van der Waals surface area contributed by atoms with Gasteiger partial charge in [-0.1, -0.05) is 12.1 Å². The smallest absolute Gasteiger partial charge is 0.239 e. The molecule has 0 radical (unpaired) electrons. The lowest BCUT2D eigenvalue weighted by atomic mass is 10.2. The van der Waals surface area contributed by atoms with Crippen LogP contribution in [0.3, 0.4) is 0 Å². The number of ether oxygens (including phenoxy) is 1. The molecule has 6 heteroatoms. The van der Waals surface area contributed by atoms with Crippen LogP contribution in [-0.4, -0.2) is 44.0 Å². The fourth-order valence-corrected chi connectivity index (χ4v) is 3.62. The van der Waals surface area contributed by atoms with Gasteiger partial charge in [-0.25, -0.2) is 0 Å². The van der Waals surface area contributed by atoms with Gasteiger partial charge >= 0.3 is 0 Å². The van der Waals surface area contributed by atoms with Crippen molar-refractivity contribution in [2.45, 2.75) is 23.8 Å². The van der Waals surface area contributed by atoms with Crippen LogP contribution < -0.4 is 10.6 Å². The number of morpholine rings is 1. The topological polar surface area (TPSA) is 50.4 Å². The van der Waals surface area contributed by atoms with Crippen LogP contribution in [0, 0.1) is 0 Å². The lowest BCUT2D eigenvalue weighted by Gasteiger charge is -2.22. The molecular weight excluding hydrogens is 352 g/mol. The minimum atomic E-state index is -0.187. The van der Waals surface area contributed by atoms with E-state index < -0.39 is 0 Å². The van der Waals surface area contributed by atoms with Gasteiger partial charge in [-0.2, -0.15) is 0 Å². The highest BCUT2D eigenvalue weighted by Crippen LogP contribution is 2.27. The van der Waals surface area contributed by atoms with E-state index in [0.717, 1.165) is 36.2 Å². The molecule has 1 fully saturated rings. The van der Waals surface area contributed by atoms with E-state index >= 15 is 0 Å². The Morgan fingerprint density at radius 3 is 3.05 bits per heavy atom. The monoisotopic (exact) mass is 372 g/mol. The molecule has 1 unspecified atom stereocenters. The van der Waals surface area contributed by atoms with Crippen LogP contribution in [0.5, 0.6) is 0 Å². The van der Waals surface area contributed by atoms with Crippen molar-refractivity contribution >= 4 is 33.6 Å². The number of nitrogens with one attached hydrogen (secondary N) is 2. The number of carbonyl (C=O) groups is 1. The summed E-state index contributed by atoms with van der Waals surface area (Å²) in [5, 5.41) is 6.11. The van der Waals surface area contributed by atoms with Crippen LogP contribution in [-0.2, 0) is 9.53 Å². The Morgan fingerprint density at radius 1 is 1.43 bits per heavy atom. The molecule has 0 saturated carbocycles. The molecule has 0 aliphatic carbocycles. The predicted octanol–water partition coefficient (Wildman–Crippen LogP) is 2.43. The maximum absolute atomic E-state index is 11.8. The van der Waals surface area contributed by atoms with Gasteiger partial charge in [0.05, 0.1) is 13.2 Å². The Kier molecular flexibility index (Phi) is 7.57. The maximum Gasteiger partial charge on any atom is 0.239 e. The highest BCUT2D eigenvalue weighted by atomic mass is 79.9. The van der Waals surface area contributed by atoms with Gasteiger partial charge in [0, 0.05) is 22.5 Å². The SMILES string of the molecule is O=C(NCCCCSc1ccccc1Br)C1COCCN1. The fourth-order valence-electron chi connectivity index (χ4n) is 2.04. The van der Waals surface area contributed by atoms with E-state index in [1.807, 2.05) is 23.9 Å². The average Bonchev–Trinajstić information content (AvgIpc) is 2.53. The number of thioether (sulfide) groups is 1. The maximum atomic E-state index is 11.8. The quantitative estimate of drug-likeness (QED) is 0.570. The molecule has 1 amide bonds. The summed E-state index contributed by atoms with van der Waals surface area (Å²) in [6.45, 7) is 2.65. The molecule has 116 valence electrons. The van der Waals surface area contributed by atoms with Crippen LogP contribution in [0.15, 0.2) is 33.6 Å². The van der Waals surface area contributed by atoms with Crippen molar-refractivity contribution in [3.63, 3.8) is 0 Å². The minimum absolute atomic E-state index is 0.0492. The van der Waals surface area contributed by atoms with E-state index in [9.17, 15) is 4.79 Å². The number of unbranched alkanes of at least 4 members (excludes halogenated alkanes) is 1. The Balaban J connectivity index is 1.54. The summed E-state index contributed by atoms with van der Waals surface area (Å²) in [5.74, 6) is 1.11. The molecule has 1 saturated heterocycles. The van der Waals surface area contributed by atoms with E-state index in [4.69, 9.17) is 4.74 Å². The van der Waals surface area contributed by atoms with Crippen LogP contribution in [0.25, 0.3) is 0 Å². The Morgan fingerprint density at radius 2 is 2.29 bits per heavy atom. The van der Waals surface area contributed by atoms with Gasteiger partial charge in [0.15, 0.2) is 0 Å². The molecule has 0 spiro atoms. The van der Waals surface area contributed by atoms with Crippen LogP contribution >= 0.6 is 27.7 Å². The summed E-state index contributed by atoms with van der Waals surface area (Å²) in [6, 6.07) is 8.06. The van der Waals surface area contributed by atoms with Crippen molar-refractivity contribution in [3.8, 4) is 0 Å². The first-order chi connectivity index (χ1) is 10.3. The lowest BCUT2D eigenvalue weighted by molar-refractivity contribution is -0.125. The molecule has 2 rings (SSSR count). The molecule has 0 aromatic heterocycles. The first kappa shape index (κ1) is 16.8. The largest absolute Gasteiger partial charge is 0.378 e. The number of benzene rings is 1. The highest BCUT2D eigenvalue weighted by molar-refractivity contribution is 9.10. The third-order valence-corrected chi connectivity index (χ3v) is 5.32. The van der Waals surface area contributed by atoms with Crippen molar-refractivity contribution in [2.24, 2.45) is 0 Å². The van der Waals surface area contributed by atoms with Crippen LogP contribution in [0.4, 0.5) is 0 Å². The van der Waals surface area contributed by atoms with E-state index in [0.29, 0.717) is 13.2 Å². The first-order valence-corrected chi connectivity index (χ1v) is 9.01. The van der Waals surface area contributed by atoms with Gasteiger partial charge in [-0.3, -0.25) is 4.79 Å². The number of hydrogen-bond donors (Lipinski definition) is 2. The summed E-state index contributed by atoms with van der Waals surface area (Å²) in [5.41, 5.74) is 0. The van der Waals surface area contributed by atoms with E-state index in [-0.39, 0.29) is 11.9 Å². The van der Waals surface area contributed by atoms with Gasteiger partial charge in [0.25, 0.3) is 0 Å². The van der Waals surface area contributed by atoms with Gasteiger partial charge in [-0.05, 0) is 46.7 Å². The molecule has 1 heterocycles. The van der Waals surface area contributed by atoms with E-state index in [1.54, 1.807) is 0 Å². The molecule has 1 aromatic rings. The number of carbonyl (C=O) groups excluding carboxylic acids is 1. The van der Waals surface area contributed by atoms with Gasteiger partial charge in [0.2, 0.25) is 5.91 Å². The summed E-state index contributed by atoms with van der Waals surface area (Å²) in [7, 11) is 0. The molecule has 0 bridgehead atoms. The Labute approximate surface area is 138 Å². The molecule has 21 heavy (non-hydrogen) atoms. The third-order valence-electron chi connectivity index (χ3n) is 3.20. The lowest BCUT2D eigenvalue weighted by Crippen LogP contribution is -2.51. The highest BCUT2D eigenvalue weighted by Gasteiger charge is 2.20. The summed E-state index contributed by atoms with van der Waals surface area (Å²) in [4.78, 5) is 13.1. The fraction of sp³-hybridized carbons (Fsp3) is 0.533. The van der Waals surface area contributed by atoms with Gasteiger partial charge in [-0.15, -0.1) is 11.8 Å². The van der Waals surface area contributed by atoms with Gasteiger partial charge in [0.1, 0.15) is 6.04 Å². The standard InChI is InChI=1S/C15H21BrN2O2S/c16-12-5-1-2-6-14(12)21-10-4-3-7-18-15(19)13-11-20-9-8-17-13/h1-2,5-6,13,17H,3-4,7-11H2,(H,18,19). The Hall–Kier alpha value is -0.560. The third kappa shape index (κ3) is 5.98. The normalized spacial score (nSPS) is 18.4.